The highest BCUT2D eigenvalue weighted by Gasteiger charge is 2.28. The Balaban J connectivity index is 2.89. The molecule has 1 atom stereocenters. The van der Waals surface area contributed by atoms with Crippen LogP contribution in [-0.2, 0) is 11.2 Å². The summed E-state index contributed by atoms with van der Waals surface area (Å²) in [6, 6.07) is 4.68. The summed E-state index contributed by atoms with van der Waals surface area (Å²) in [6.45, 7) is 5.80. The second-order valence-electron chi connectivity index (χ2n) is 5.19. The third-order valence-electron chi connectivity index (χ3n) is 2.69. The Morgan fingerprint density at radius 1 is 1.29 bits per heavy atom. The molecule has 0 aromatic heterocycles. The molecule has 0 saturated heterocycles. The molecule has 1 rings (SSSR count). The lowest BCUT2D eigenvalue weighted by atomic mass is 9.83. The normalized spacial score (nSPS) is 13.5. The number of hydrogen-bond acceptors (Lipinski definition) is 2. The number of rotatable bonds is 3. The van der Waals surface area contributed by atoms with Crippen LogP contribution in [0.15, 0.2) is 18.2 Å². The summed E-state index contributed by atoms with van der Waals surface area (Å²) in [5, 5.41) is 1.01. The smallest absolute Gasteiger partial charge is 0.154 e. The van der Waals surface area contributed by atoms with Gasteiger partial charge in [-0.25, -0.2) is 0 Å². The molecular formula is C13H17Cl2NO. The highest BCUT2D eigenvalue weighted by molar-refractivity contribution is 6.36. The fraction of sp³-hybridized carbons (Fsp3) is 0.462. The van der Waals surface area contributed by atoms with Crippen molar-refractivity contribution in [1.29, 1.82) is 0 Å². The van der Waals surface area contributed by atoms with E-state index in [0.717, 1.165) is 0 Å². The van der Waals surface area contributed by atoms with Gasteiger partial charge in [-0.05, 0) is 23.1 Å². The van der Waals surface area contributed by atoms with Crippen LogP contribution in [0.1, 0.15) is 26.3 Å². The van der Waals surface area contributed by atoms with Crippen LogP contribution in [0.3, 0.4) is 0 Å². The molecule has 0 saturated carbocycles. The monoisotopic (exact) mass is 273 g/mol. The van der Waals surface area contributed by atoms with E-state index in [4.69, 9.17) is 28.9 Å². The van der Waals surface area contributed by atoms with Crippen LogP contribution in [0.5, 0.6) is 0 Å². The van der Waals surface area contributed by atoms with Crippen LogP contribution < -0.4 is 5.73 Å². The van der Waals surface area contributed by atoms with E-state index in [1.54, 1.807) is 18.2 Å². The SMILES string of the molecule is CC(C)(C)C(N)C(=O)Cc1c(Cl)cccc1Cl. The average molecular weight is 274 g/mol. The summed E-state index contributed by atoms with van der Waals surface area (Å²) < 4.78 is 0. The van der Waals surface area contributed by atoms with E-state index in [-0.39, 0.29) is 17.6 Å². The van der Waals surface area contributed by atoms with E-state index in [0.29, 0.717) is 15.6 Å². The predicted molar refractivity (Wildman–Crippen MR) is 72.6 cm³/mol. The lowest BCUT2D eigenvalue weighted by Gasteiger charge is -2.25. The summed E-state index contributed by atoms with van der Waals surface area (Å²) in [5.74, 6) is -0.0486. The molecule has 0 fully saturated rings. The number of carbonyl (C=O) groups is 1. The summed E-state index contributed by atoms with van der Waals surface area (Å²) >= 11 is 12.0. The van der Waals surface area contributed by atoms with E-state index >= 15 is 0 Å². The average Bonchev–Trinajstić information content (AvgIpc) is 2.21. The number of ketones is 1. The van der Waals surface area contributed by atoms with Crippen molar-refractivity contribution in [3.8, 4) is 0 Å². The number of benzene rings is 1. The van der Waals surface area contributed by atoms with E-state index in [9.17, 15) is 4.79 Å². The van der Waals surface area contributed by atoms with Gasteiger partial charge in [0.15, 0.2) is 5.78 Å². The van der Waals surface area contributed by atoms with Crippen LogP contribution in [-0.4, -0.2) is 11.8 Å². The molecular weight excluding hydrogens is 257 g/mol. The molecule has 0 amide bonds. The Morgan fingerprint density at radius 3 is 2.18 bits per heavy atom. The minimum atomic E-state index is -0.519. The Morgan fingerprint density at radius 2 is 1.76 bits per heavy atom. The molecule has 17 heavy (non-hydrogen) atoms. The first-order chi connectivity index (χ1) is 7.73. The van der Waals surface area contributed by atoms with Crippen LogP contribution >= 0.6 is 23.2 Å². The molecule has 0 aliphatic heterocycles. The number of hydrogen-bond donors (Lipinski definition) is 1. The van der Waals surface area contributed by atoms with Crippen LogP contribution in [0.4, 0.5) is 0 Å². The second-order valence-corrected chi connectivity index (χ2v) is 6.00. The number of halogens is 2. The van der Waals surface area contributed by atoms with Crippen molar-refractivity contribution < 1.29 is 4.79 Å². The van der Waals surface area contributed by atoms with Gasteiger partial charge in [0.1, 0.15) is 0 Å². The molecule has 0 heterocycles. The van der Waals surface area contributed by atoms with Gasteiger partial charge in [0.05, 0.1) is 6.04 Å². The van der Waals surface area contributed by atoms with E-state index < -0.39 is 6.04 Å². The summed E-state index contributed by atoms with van der Waals surface area (Å²) in [6.07, 6.45) is 0.178. The zero-order valence-electron chi connectivity index (χ0n) is 10.3. The molecule has 0 spiro atoms. The lowest BCUT2D eigenvalue weighted by molar-refractivity contribution is -0.121. The molecule has 94 valence electrons. The van der Waals surface area contributed by atoms with Crippen molar-refractivity contribution in [3.63, 3.8) is 0 Å². The first-order valence-electron chi connectivity index (χ1n) is 5.44. The fourth-order valence-electron chi connectivity index (χ4n) is 1.47. The van der Waals surface area contributed by atoms with Gasteiger partial charge in [0.2, 0.25) is 0 Å². The maximum absolute atomic E-state index is 12.0. The molecule has 2 nitrogen and oxygen atoms in total. The molecule has 0 bridgehead atoms. The van der Waals surface area contributed by atoms with E-state index in [2.05, 4.69) is 0 Å². The summed E-state index contributed by atoms with van der Waals surface area (Å²) in [4.78, 5) is 12.0. The molecule has 2 N–H and O–H groups in total. The highest BCUT2D eigenvalue weighted by Crippen LogP contribution is 2.26. The van der Waals surface area contributed by atoms with Gasteiger partial charge < -0.3 is 5.73 Å². The van der Waals surface area contributed by atoms with Gasteiger partial charge in [-0.15, -0.1) is 0 Å². The molecule has 1 unspecified atom stereocenters. The zero-order chi connectivity index (χ0) is 13.2. The van der Waals surface area contributed by atoms with Gasteiger partial charge in [0.25, 0.3) is 0 Å². The van der Waals surface area contributed by atoms with Crippen LogP contribution in [0, 0.1) is 5.41 Å². The van der Waals surface area contributed by atoms with Gasteiger partial charge in [0, 0.05) is 16.5 Å². The molecule has 0 aliphatic rings. The topological polar surface area (TPSA) is 43.1 Å². The summed E-state index contributed by atoms with van der Waals surface area (Å²) in [5.41, 5.74) is 6.30. The first-order valence-corrected chi connectivity index (χ1v) is 6.20. The van der Waals surface area contributed by atoms with Crippen molar-refractivity contribution in [2.75, 3.05) is 0 Å². The second kappa shape index (κ2) is 5.38. The van der Waals surface area contributed by atoms with Crippen molar-refractivity contribution in [3.05, 3.63) is 33.8 Å². The minimum Gasteiger partial charge on any atom is -0.321 e. The van der Waals surface area contributed by atoms with Crippen LogP contribution in [0.2, 0.25) is 10.0 Å². The van der Waals surface area contributed by atoms with Crippen molar-refractivity contribution in [2.45, 2.75) is 33.2 Å². The lowest BCUT2D eigenvalue weighted by Crippen LogP contribution is -2.43. The van der Waals surface area contributed by atoms with Crippen LogP contribution in [0.25, 0.3) is 0 Å². The molecule has 0 aliphatic carbocycles. The van der Waals surface area contributed by atoms with E-state index in [1.165, 1.54) is 0 Å². The quantitative estimate of drug-likeness (QED) is 0.917. The van der Waals surface area contributed by atoms with Gasteiger partial charge in [-0.3, -0.25) is 4.79 Å². The van der Waals surface area contributed by atoms with Gasteiger partial charge in [-0.1, -0.05) is 50.0 Å². The molecule has 0 radical (unpaired) electrons. The molecule has 1 aromatic carbocycles. The Hall–Kier alpha value is -0.570. The maximum atomic E-state index is 12.0. The van der Waals surface area contributed by atoms with E-state index in [1.807, 2.05) is 20.8 Å². The standard InChI is InChI=1S/C13H17Cl2NO/c1-13(2,3)12(16)11(17)7-8-9(14)5-4-6-10(8)15/h4-6,12H,7,16H2,1-3H3. The Labute approximate surface area is 112 Å². The highest BCUT2D eigenvalue weighted by atomic mass is 35.5. The third-order valence-corrected chi connectivity index (χ3v) is 3.40. The zero-order valence-corrected chi connectivity index (χ0v) is 11.8. The number of nitrogens with two attached hydrogens (primary N) is 1. The van der Waals surface area contributed by atoms with Crippen molar-refractivity contribution in [1.82, 2.24) is 0 Å². The first kappa shape index (κ1) is 14.5. The third kappa shape index (κ3) is 3.70. The Bertz CT molecular complexity index is 404. The minimum absolute atomic E-state index is 0.0486. The van der Waals surface area contributed by atoms with Crippen molar-refractivity contribution >= 4 is 29.0 Å². The molecule has 1 aromatic rings. The van der Waals surface area contributed by atoms with Gasteiger partial charge >= 0.3 is 0 Å². The van der Waals surface area contributed by atoms with Gasteiger partial charge in [-0.2, -0.15) is 0 Å². The largest absolute Gasteiger partial charge is 0.321 e. The predicted octanol–water partition coefficient (Wildman–Crippen LogP) is 3.48. The fourth-order valence-corrected chi connectivity index (χ4v) is 2.00. The number of carbonyl (C=O) groups excluding carboxylic acids is 1. The number of Topliss-reactive ketones (excluding diaryl/α,β-unsaturated/α-hetero) is 1. The molecule has 4 heteroatoms. The maximum Gasteiger partial charge on any atom is 0.154 e. The summed E-state index contributed by atoms with van der Waals surface area (Å²) in [7, 11) is 0. The Kier molecular flexibility index (Phi) is 4.59. The van der Waals surface area contributed by atoms with Crippen molar-refractivity contribution in [2.24, 2.45) is 11.1 Å².